The molecule has 0 saturated heterocycles. The van der Waals surface area contributed by atoms with Crippen LogP contribution in [0.3, 0.4) is 0 Å². The Labute approximate surface area is 121 Å². The zero-order valence-electron chi connectivity index (χ0n) is 12.5. The van der Waals surface area contributed by atoms with Gasteiger partial charge in [-0.15, -0.1) is 0 Å². The van der Waals surface area contributed by atoms with Crippen molar-refractivity contribution in [2.45, 2.75) is 51.5 Å². The van der Waals surface area contributed by atoms with Crippen LogP contribution in [0, 0.1) is 12.3 Å². The van der Waals surface area contributed by atoms with Gasteiger partial charge < -0.3 is 9.73 Å². The molecule has 2 rings (SSSR count). The highest BCUT2D eigenvalue weighted by molar-refractivity contribution is 7.89. The topological polar surface area (TPSA) is 71.3 Å². The van der Waals surface area contributed by atoms with E-state index in [1.54, 1.807) is 13.0 Å². The van der Waals surface area contributed by atoms with Crippen LogP contribution in [-0.4, -0.2) is 21.5 Å². The van der Waals surface area contributed by atoms with Gasteiger partial charge in [0.25, 0.3) is 0 Å². The van der Waals surface area contributed by atoms with E-state index in [9.17, 15) is 8.42 Å². The van der Waals surface area contributed by atoms with Crippen molar-refractivity contribution in [1.82, 2.24) is 10.0 Å². The molecule has 0 atom stereocenters. The van der Waals surface area contributed by atoms with Crippen LogP contribution in [0.5, 0.6) is 0 Å². The molecule has 114 valence electrons. The maximum absolute atomic E-state index is 12.3. The minimum Gasteiger partial charge on any atom is -0.464 e. The molecule has 2 N–H and O–H groups in total. The lowest BCUT2D eigenvalue weighted by molar-refractivity contribution is 0.166. The van der Waals surface area contributed by atoms with Crippen LogP contribution < -0.4 is 10.0 Å². The zero-order valence-corrected chi connectivity index (χ0v) is 13.3. The first-order valence-electron chi connectivity index (χ1n) is 7.16. The summed E-state index contributed by atoms with van der Waals surface area (Å²) < 4.78 is 32.9. The minimum absolute atomic E-state index is 0.122. The van der Waals surface area contributed by atoms with Crippen LogP contribution in [-0.2, 0) is 16.6 Å². The highest BCUT2D eigenvalue weighted by Gasteiger charge is 2.33. The van der Waals surface area contributed by atoms with Gasteiger partial charge in [0, 0.05) is 12.6 Å². The maximum atomic E-state index is 12.3. The molecule has 0 radical (unpaired) electrons. The summed E-state index contributed by atoms with van der Waals surface area (Å²) in [5, 5.41) is 3.12. The van der Waals surface area contributed by atoms with E-state index >= 15 is 0 Å². The quantitative estimate of drug-likeness (QED) is 0.809. The summed E-state index contributed by atoms with van der Waals surface area (Å²) in [7, 11) is -3.48. The van der Waals surface area contributed by atoms with Crippen LogP contribution in [0.2, 0.25) is 0 Å². The number of hydrogen-bond acceptors (Lipinski definition) is 4. The van der Waals surface area contributed by atoms with Gasteiger partial charge in [-0.05, 0) is 31.7 Å². The molecule has 5 nitrogen and oxygen atoms in total. The summed E-state index contributed by atoms with van der Waals surface area (Å²) in [6.45, 7) is 7.67. The van der Waals surface area contributed by atoms with Gasteiger partial charge in [0.05, 0.1) is 6.54 Å². The molecule has 0 aromatic carbocycles. The fourth-order valence-corrected chi connectivity index (χ4v) is 3.83. The second kappa shape index (κ2) is 5.87. The van der Waals surface area contributed by atoms with E-state index in [0.717, 1.165) is 19.4 Å². The van der Waals surface area contributed by atoms with E-state index in [1.807, 2.05) is 6.92 Å². The Kier molecular flexibility index (Phi) is 4.56. The van der Waals surface area contributed by atoms with E-state index in [0.29, 0.717) is 24.6 Å². The average Bonchev–Trinajstić information content (AvgIpc) is 2.74. The number of nitrogens with one attached hydrogen (secondary N) is 2. The maximum Gasteiger partial charge on any atom is 0.244 e. The number of aryl methyl sites for hydroxylation is 1. The lowest BCUT2D eigenvalue weighted by Gasteiger charge is -2.38. The van der Waals surface area contributed by atoms with Gasteiger partial charge in [0.15, 0.2) is 0 Å². The Balaban J connectivity index is 2.06. The number of sulfonamides is 1. The molecule has 20 heavy (non-hydrogen) atoms. The zero-order chi connectivity index (χ0) is 14.8. The monoisotopic (exact) mass is 300 g/mol. The summed E-state index contributed by atoms with van der Waals surface area (Å²) in [4.78, 5) is 0.258. The summed E-state index contributed by atoms with van der Waals surface area (Å²) >= 11 is 0. The van der Waals surface area contributed by atoms with Crippen LogP contribution >= 0.6 is 0 Å². The molecule has 1 heterocycles. The predicted octanol–water partition coefficient (Wildman–Crippen LogP) is 2.17. The molecule has 1 saturated carbocycles. The smallest absolute Gasteiger partial charge is 0.244 e. The standard InChI is InChI=1S/C14H24N2O3S/c1-4-15-9-12-8-13(11(2)19-12)20(17,18)16-10-14(3)6-5-7-14/h8,15-16H,4-7,9-10H2,1-3H3. The molecule has 1 aromatic heterocycles. The number of furan rings is 1. The van der Waals surface area contributed by atoms with Crippen molar-refractivity contribution in [2.75, 3.05) is 13.1 Å². The molecule has 0 unspecified atom stereocenters. The van der Waals surface area contributed by atoms with Gasteiger partial charge in [-0.2, -0.15) is 0 Å². The third kappa shape index (κ3) is 3.42. The van der Waals surface area contributed by atoms with Crippen LogP contribution in [0.25, 0.3) is 0 Å². The van der Waals surface area contributed by atoms with Crippen molar-refractivity contribution in [3.8, 4) is 0 Å². The SMILES string of the molecule is CCNCc1cc(S(=O)(=O)NCC2(C)CCC2)c(C)o1. The lowest BCUT2D eigenvalue weighted by atomic mass is 9.71. The van der Waals surface area contributed by atoms with E-state index < -0.39 is 10.0 Å². The van der Waals surface area contributed by atoms with Gasteiger partial charge in [0.1, 0.15) is 16.4 Å². The number of hydrogen-bond donors (Lipinski definition) is 2. The molecule has 0 aliphatic heterocycles. The van der Waals surface area contributed by atoms with Gasteiger partial charge in [0.2, 0.25) is 10.0 Å². The second-order valence-electron chi connectivity index (χ2n) is 5.90. The van der Waals surface area contributed by atoms with Gasteiger partial charge in [-0.25, -0.2) is 13.1 Å². The Morgan fingerprint density at radius 3 is 2.65 bits per heavy atom. The fraction of sp³-hybridized carbons (Fsp3) is 0.714. The van der Waals surface area contributed by atoms with Gasteiger partial charge in [-0.1, -0.05) is 20.3 Å². The molecule has 1 aromatic rings. The Bertz CT molecular complexity index is 559. The molecule has 0 amide bonds. The van der Waals surface area contributed by atoms with Gasteiger partial charge in [-0.3, -0.25) is 0 Å². The van der Waals surface area contributed by atoms with E-state index in [2.05, 4.69) is 17.0 Å². The van der Waals surface area contributed by atoms with E-state index in [1.165, 1.54) is 6.42 Å². The van der Waals surface area contributed by atoms with Crippen molar-refractivity contribution in [3.63, 3.8) is 0 Å². The molecule has 1 aliphatic carbocycles. The third-order valence-corrected chi connectivity index (χ3v) is 5.52. The van der Waals surface area contributed by atoms with E-state index in [-0.39, 0.29) is 10.3 Å². The first kappa shape index (κ1) is 15.5. The highest BCUT2D eigenvalue weighted by Crippen LogP contribution is 2.39. The van der Waals surface area contributed by atoms with Crippen molar-refractivity contribution < 1.29 is 12.8 Å². The molecule has 1 fully saturated rings. The van der Waals surface area contributed by atoms with Gasteiger partial charge >= 0.3 is 0 Å². The molecule has 6 heteroatoms. The first-order valence-corrected chi connectivity index (χ1v) is 8.64. The lowest BCUT2D eigenvalue weighted by Crippen LogP contribution is -2.39. The fourth-order valence-electron chi connectivity index (χ4n) is 2.43. The minimum atomic E-state index is -3.48. The Morgan fingerprint density at radius 2 is 2.10 bits per heavy atom. The van der Waals surface area contributed by atoms with Crippen molar-refractivity contribution in [2.24, 2.45) is 5.41 Å². The molecule has 0 spiro atoms. The van der Waals surface area contributed by atoms with Crippen LogP contribution in [0.1, 0.15) is 44.6 Å². The predicted molar refractivity (Wildman–Crippen MR) is 78.0 cm³/mol. The van der Waals surface area contributed by atoms with Crippen LogP contribution in [0.15, 0.2) is 15.4 Å². The van der Waals surface area contributed by atoms with Crippen LogP contribution in [0.4, 0.5) is 0 Å². The molecule has 1 aliphatic rings. The summed E-state index contributed by atoms with van der Waals surface area (Å²) in [5.41, 5.74) is 0.122. The third-order valence-electron chi connectivity index (χ3n) is 4.01. The van der Waals surface area contributed by atoms with Crippen molar-refractivity contribution >= 4 is 10.0 Å². The summed E-state index contributed by atoms with van der Waals surface area (Å²) in [5.74, 6) is 1.10. The molecular formula is C14H24N2O3S. The van der Waals surface area contributed by atoms with Crippen molar-refractivity contribution in [3.05, 3.63) is 17.6 Å². The normalized spacial score (nSPS) is 17.9. The Morgan fingerprint density at radius 1 is 1.40 bits per heavy atom. The second-order valence-corrected chi connectivity index (χ2v) is 7.64. The first-order chi connectivity index (χ1) is 9.36. The summed E-state index contributed by atoms with van der Waals surface area (Å²) in [6.07, 6.45) is 3.37. The number of rotatable bonds is 7. The molecular weight excluding hydrogens is 276 g/mol. The van der Waals surface area contributed by atoms with Crippen molar-refractivity contribution in [1.29, 1.82) is 0 Å². The van der Waals surface area contributed by atoms with E-state index in [4.69, 9.17) is 4.42 Å². The highest BCUT2D eigenvalue weighted by atomic mass is 32.2. The Hall–Kier alpha value is -0.850. The average molecular weight is 300 g/mol. The largest absolute Gasteiger partial charge is 0.464 e. The molecule has 0 bridgehead atoms. The summed E-state index contributed by atoms with van der Waals surface area (Å²) in [6, 6.07) is 1.61.